The molecule has 1 aromatic heterocycles. The number of nitrogens with zero attached hydrogens (tertiary/aromatic N) is 3. The first-order valence-electron chi connectivity index (χ1n) is 21.0. The van der Waals surface area contributed by atoms with E-state index in [9.17, 15) is 24.0 Å². The summed E-state index contributed by atoms with van der Waals surface area (Å²) in [6, 6.07) is 35.1. The number of aryl methyl sites for hydroxylation is 1. The number of anilines is 1. The summed E-state index contributed by atoms with van der Waals surface area (Å²) in [4.78, 5) is 77.5. The second kappa shape index (κ2) is 24.0. The van der Waals surface area contributed by atoms with Gasteiger partial charge in [0.2, 0.25) is 11.8 Å². The Bertz CT molecular complexity index is 2250. The molecule has 324 valence electrons. The molecule has 13 nitrogen and oxygen atoms in total. The van der Waals surface area contributed by atoms with Crippen molar-refractivity contribution in [2.24, 2.45) is 4.99 Å². The lowest BCUT2D eigenvalue weighted by atomic mass is 10.0. The van der Waals surface area contributed by atoms with Gasteiger partial charge >= 0.3 is 6.09 Å². The van der Waals surface area contributed by atoms with Crippen LogP contribution in [0, 0.1) is 0 Å². The van der Waals surface area contributed by atoms with Gasteiger partial charge in [-0.3, -0.25) is 34.1 Å². The van der Waals surface area contributed by atoms with Crippen LogP contribution in [0.1, 0.15) is 66.3 Å². The quantitative estimate of drug-likeness (QED) is 0.0318. The third-order valence-electron chi connectivity index (χ3n) is 9.82. The van der Waals surface area contributed by atoms with E-state index in [1.807, 2.05) is 97.1 Å². The first-order valence-corrected chi connectivity index (χ1v) is 21.0. The minimum absolute atomic E-state index is 0.000126. The van der Waals surface area contributed by atoms with Crippen LogP contribution < -0.4 is 21.3 Å². The number of carbonyl (C=O) groups excluding carboxylic acids is 5. The number of pyridine rings is 1. The zero-order valence-electron chi connectivity index (χ0n) is 35.7. The third-order valence-corrected chi connectivity index (χ3v) is 9.82. The number of Topliss-reactive ketones (excluding diaryl/α,β-unsaturated/α-hetero) is 2. The van der Waals surface area contributed by atoms with Gasteiger partial charge in [-0.1, -0.05) is 109 Å². The highest BCUT2D eigenvalue weighted by molar-refractivity contribution is 6.00. The molecule has 0 saturated carbocycles. The van der Waals surface area contributed by atoms with Crippen LogP contribution in [-0.2, 0) is 20.7 Å². The average molecular weight is 840 g/mol. The van der Waals surface area contributed by atoms with Gasteiger partial charge in [0.15, 0.2) is 11.6 Å². The van der Waals surface area contributed by atoms with Gasteiger partial charge in [-0.05, 0) is 70.7 Å². The summed E-state index contributed by atoms with van der Waals surface area (Å²) in [5.74, 6) is -1.07. The average Bonchev–Trinajstić information content (AvgIpc) is 3.27. The van der Waals surface area contributed by atoms with Crippen molar-refractivity contribution in [1.82, 2.24) is 25.8 Å². The van der Waals surface area contributed by atoms with E-state index in [-0.39, 0.29) is 31.1 Å². The number of benzene rings is 4. The third kappa shape index (κ3) is 16.1. The Morgan fingerprint density at radius 3 is 2.06 bits per heavy atom. The fraction of sp³-hybridized carbons (Fsp3) is 0.327. The Hall–Kier alpha value is -6.57. The number of fused-ring (bicyclic) bond motifs is 1. The van der Waals surface area contributed by atoms with Crippen molar-refractivity contribution < 1.29 is 28.7 Å². The van der Waals surface area contributed by atoms with Crippen molar-refractivity contribution in [1.29, 1.82) is 0 Å². The standard InChI is InChI=1S/C49H57N7O6/c1-49(2,3)62-48(61)55-42(47(60)54-43(26-25-36-16-7-4-8-17-36)46(59)53-40-32-39-22-13-14-23-41(39)52-33-40)24-15-29-56(30-27-50-34-44(57)37-18-9-5-10-19-37)31-28-51-35-45(58)38-20-11-6-12-21-38/h4-14,16-23,27,32-33,42-43,51H,15,24-26,28-31,34-35H2,1-3H3,(H,53,59)(H,54,60)(H,55,61)/t42-,43+/m0/s1. The molecule has 1 heterocycles. The summed E-state index contributed by atoms with van der Waals surface area (Å²) < 4.78 is 5.54. The predicted octanol–water partition coefficient (Wildman–Crippen LogP) is 6.69. The minimum Gasteiger partial charge on any atom is -0.444 e. The lowest BCUT2D eigenvalue weighted by Crippen LogP contribution is -2.53. The summed E-state index contributed by atoms with van der Waals surface area (Å²) in [6.07, 6.45) is 3.99. The fourth-order valence-electron chi connectivity index (χ4n) is 6.60. The molecule has 0 fully saturated rings. The molecule has 5 rings (SSSR count). The number of hydrogen-bond donors (Lipinski definition) is 4. The van der Waals surface area contributed by atoms with E-state index in [0.717, 1.165) is 16.5 Å². The summed E-state index contributed by atoms with van der Waals surface area (Å²) in [7, 11) is 0. The Kier molecular flexibility index (Phi) is 18.0. The molecular weight excluding hydrogens is 783 g/mol. The molecule has 0 aliphatic rings. The number of carbonyl (C=O) groups is 5. The van der Waals surface area contributed by atoms with Gasteiger partial charge in [0.1, 0.15) is 24.2 Å². The Labute approximate surface area is 363 Å². The monoisotopic (exact) mass is 839 g/mol. The number of aliphatic imine (C=N–C) groups is 1. The topological polar surface area (TPSA) is 171 Å². The number of para-hydroxylation sites is 1. The maximum absolute atomic E-state index is 14.2. The van der Waals surface area contributed by atoms with Crippen LogP contribution >= 0.6 is 0 Å². The van der Waals surface area contributed by atoms with E-state index in [1.165, 1.54) is 0 Å². The van der Waals surface area contributed by atoms with E-state index in [2.05, 4.69) is 36.1 Å². The van der Waals surface area contributed by atoms with Crippen molar-refractivity contribution in [2.45, 2.75) is 64.1 Å². The van der Waals surface area contributed by atoms with Crippen molar-refractivity contribution in [3.8, 4) is 0 Å². The molecule has 13 heteroatoms. The predicted molar refractivity (Wildman–Crippen MR) is 244 cm³/mol. The molecule has 5 aromatic rings. The summed E-state index contributed by atoms with van der Waals surface area (Å²) >= 11 is 0. The molecular formula is C49H57N7O6. The van der Waals surface area contributed by atoms with Gasteiger partial charge in [-0.2, -0.15) is 0 Å². The fourth-order valence-corrected chi connectivity index (χ4v) is 6.60. The van der Waals surface area contributed by atoms with Gasteiger partial charge in [-0.15, -0.1) is 0 Å². The highest BCUT2D eigenvalue weighted by atomic mass is 16.6. The molecule has 2 atom stereocenters. The Morgan fingerprint density at radius 1 is 0.742 bits per heavy atom. The first-order chi connectivity index (χ1) is 29.9. The van der Waals surface area contributed by atoms with Crippen LogP contribution in [0.15, 0.2) is 133 Å². The minimum atomic E-state index is -1.04. The highest BCUT2D eigenvalue weighted by Crippen LogP contribution is 2.17. The largest absolute Gasteiger partial charge is 0.444 e. The van der Waals surface area contributed by atoms with E-state index in [4.69, 9.17) is 4.74 Å². The summed E-state index contributed by atoms with van der Waals surface area (Å²) in [5, 5.41) is 12.7. The maximum Gasteiger partial charge on any atom is 0.408 e. The van der Waals surface area contributed by atoms with Crippen molar-refractivity contribution >= 4 is 52.3 Å². The van der Waals surface area contributed by atoms with Crippen LogP contribution in [0.2, 0.25) is 0 Å². The van der Waals surface area contributed by atoms with Gasteiger partial charge in [0.25, 0.3) is 0 Å². The van der Waals surface area contributed by atoms with Crippen molar-refractivity contribution in [2.75, 3.05) is 44.6 Å². The van der Waals surface area contributed by atoms with E-state index < -0.39 is 35.6 Å². The molecule has 0 saturated heterocycles. The number of nitrogens with one attached hydrogen (secondary N) is 4. The smallest absolute Gasteiger partial charge is 0.408 e. The molecule has 4 N–H and O–H groups in total. The van der Waals surface area contributed by atoms with E-state index >= 15 is 0 Å². The number of alkyl carbamates (subject to hydrolysis) is 1. The van der Waals surface area contributed by atoms with E-state index in [0.29, 0.717) is 62.3 Å². The summed E-state index contributed by atoms with van der Waals surface area (Å²) in [6.45, 7) is 7.28. The van der Waals surface area contributed by atoms with Gasteiger partial charge < -0.3 is 26.0 Å². The lowest BCUT2D eigenvalue weighted by molar-refractivity contribution is -0.128. The number of ketones is 2. The SMILES string of the molecule is CC(C)(C)OC(=O)N[C@@H](CCCN(CC=NCC(=O)c1ccccc1)CCNCC(=O)c1ccccc1)C(=O)N[C@H](CCc1ccccc1)C(=O)Nc1cnc2ccccc2c1. The maximum atomic E-state index is 14.2. The van der Waals surface area contributed by atoms with Gasteiger partial charge in [0, 0.05) is 42.4 Å². The number of aromatic nitrogens is 1. The molecule has 62 heavy (non-hydrogen) atoms. The van der Waals surface area contributed by atoms with Crippen molar-refractivity contribution in [3.05, 3.63) is 144 Å². The van der Waals surface area contributed by atoms with Crippen LogP contribution in [-0.4, -0.2) is 103 Å². The zero-order chi connectivity index (χ0) is 44.2. The Morgan fingerprint density at radius 2 is 1.37 bits per heavy atom. The Balaban J connectivity index is 1.27. The van der Waals surface area contributed by atoms with Crippen LogP contribution in [0.3, 0.4) is 0 Å². The molecule has 0 aliphatic carbocycles. The zero-order valence-corrected chi connectivity index (χ0v) is 35.7. The number of rotatable bonds is 23. The second-order valence-electron chi connectivity index (χ2n) is 15.9. The molecule has 0 bridgehead atoms. The van der Waals surface area contributed by atoms with Gasteiger partial charge in [-0.25, -0.2) is 4.79 Å². The second-order valence-corrected chi connectivity index (χ2v) is 15.9. The molecule has 4 aromatic carbocycles. The molecule has 3 amide bonds. The number of ether oxygens (including phenoxy) is 1. The molecule has 0 unspecified atom stereocenters. The van der Waals surface area contributed by atoms with Crippen LogP contribution in [0.5, 0.6) is 0 Å². The summed E-state index contributed by atoms with van der Waals surface area (Å²) in [5.41, 5.74) is 2.67. The highest BCUT2D eigenvalue weighted by Gasteiger charge is 2.29. The van der Waals surface area contributed by atoms with Gasteiger partial charge in [0.05, 0.1) is 23.9 Å². The molecule has 0 spiro atoms. The van der Waals surface area contributed by atoms with Crippen molar-refractivity contribution in [3.63, 3.8) is 0 Å². The molecule has 0 radical (unpaired) electrons. The normalized spacial score (nSPS) is 12.5. The number of hydrogen-bond acceptors (Lipinski definition) is 10. The van der Waals surface area contributed by atoms with E-state index in [1.54, 1.807) is 57.4 Å². The lowest BCUT2D eigenvalue weighted by Gasteiger charge is -2.26. The van der Waals surface area contributed by atoms with Crippen LogP contribution in [0.25, 0.3) is 10.9 Å². The number of amides is 3. The van der Waals surface area contributed by atoms with Crippen LogP contribution in [0.4, 0.5) is 10.5 Å². The first kappa shape index (κ1) is 46.5. The molecule has 0 aliphatic heterocycles.